The van der Waals surface area contributed by atoms with Gasteiger partial charge in [-0.05, 0) is 52.5 Å². The van der Waals surface area contributed by atoms with Gasteiger partial charge in [0.25, 0.3) is 0 Å². The van der Waals surface area contributed by atoms with Gasteiger partial charge in [-0.15, -0.1) is 0 Å². The Hall–Kier alpha value is -1.49. The number of aromatic nitrogens is 1. The molecular weight excluding hydrogens is 272 g/mol. The van der Waals surface area contributed by atoms with Gasteiger partial charge in [-0.2, -0.15) is 0 Å². The van der Waals surface area contributed by atoms with Gasteiger partial charge in [0.2, 0.25) is 5.88 Å². The van der Waals surface area contributed by atoms with E-state index in [2.05, 4.69) is 21.1 Å². The lowest BCUT2D eigenvalue weighted by Crippen LogP contribution is -1.92. The average Bonchev–Trinajstić information content (AvgIpc) is 2.62. The summed E-state index contributed by atoms with van der Waals surface area (Å²) in [6.07, 6.45) is 1.58. The quantitative estimate of drug-likeness (QED) is 0.843. The van der Waals surface area contributed by atoms with Gasteiger partial charge in [0.15, 0.2) is 0 Å². The van der Waals surface area contributed by atoms with E-state index in [0.29, 0.717) is 4.47 Å². The highest BCUT2D eigenvalue weighted by Gasteiger charge is 2.16. The van der Waals surface area contributed by atoms with Crippen molar-refractivity contribution in [1.29, 1.82) is 0 Å². The Kier molecular flexibility index (Phi) is 2.63. The van der Waals surface area contributed by atoms with Gasteiger partial charge in [-0.3, -0.25) is 0 Å². The standard InChI is InChI=1S/C11H11BrN2O2/c1-5-3-8(15)10(12)6(2)9(5)7-4-14-16-11(7)13/h3-4,15H,13H2,1-2H3. The molecule has 2 rings (SSSR count). The molecule has 84 valence electrons. The summed E-state index contributed by atoms with van der Waals surface area (Å²) in [6.45, 7) is 3.81. The van der Waals surface area contributed by atoms with Gasteiger partial charge in [-0.1, -0.05) is 5.16 Å². The Morgan fingerprint density at radius 2 is 2.12 bits per heavy atom. The zero-order valence-corrected chi connectivity index (χ0v) is 10.5. The number of nitrogens with two attached hydrogens (primary N) is 1. The van der Waals surface area contributed by atoms with Crippen LogP contribution in [0.25, 0.3) is 11.1 Å². The Morgan fingerprint density at radius 1 is 1.44 bits per heavy atom. The SMILES string of the molecule is Cc1cc(O)c(Br)c(C)c1-c1cnoc1N. The number of aromatic hydroxyl groups is 1. The first-order chi connectivity index (χ1) is 7.52. The van der Waals surface area contributed by atoms with E-state index in [1.807, 2.05) is 13.8 Å². The number of rotatable bonds is 1. The van der Waals surface area contributed by atoms with Crippen molar-refractivity contribution in [1.82, 2.24) is 5.16 Å². The third-order valence-corrected chi connectivity index (χ3v) is 3.55. The zero-order valence-electron chi connectivity index (χ0n) is 8.91. The van der Waals surface area contributed by atoms with Crippen LogP contribution in [0.4, 0.5) is 5.88 Å². The number of hydrogen-bond donors (Lipinski definition) is 2. The van der Waals surface area contributed by atoms with E-state index in [1.165, 1.54) is 0 Å². The van der Waals surface area contributed by atoms with E-state index in [0.717, 1.165) is 22.3 Å². The molecular formula is C11H11BrN2O2. The second kappa shape index (κ2) is 3.83. The maximum Gasteiger partial charge on any atom is 0.229 e. The minimum Gasteiger partial charge on any atom is -0.507 e. The molecule has 1 heterocycles. The number of phenolic OH excluding ortho intramolecular Hbond substituents is 1. The maximum absolute atomic E-state index is 9.66. The van der Waals surface area contributed by atoms with Crippen LogP contribution in [0.1, 0.15) is 11.1 Å². The summed E-state index contributed by atoms with van der Waals surface area (Å²) in [7, 11) is 0. The molecule has 0 radical (unpaired) electrons. The molecule has 0 aliphatic heterocycles. The molecule has 0 unspecified atom stereocenters. The van der Waals surface area contributed by atoms with Crippen molar-refractivity contribution in [2.45, 2.75) is 13.8 Å². The van der Waals surface area contributed by atoms with Crippen molar-refractivity contribution in [2.75, 3.05) is 5.73 Å². The average molecular weight is 283 g/mol. The number of benzene rings is 1. The molecule has 0 aliphatic rings. The van der Waals surface area contributed by atoms with Crippen molar-refractivity contribution >= 4 is 21.8 Å². The molecule has 0 bridgehead atoms. The lowest BCUT2D eigenvalue weighted by molar-refractivity contribution is 0.436. The number of anilines is 1. The monoisotopic (exact) mass is 282 g/mol. The number of nitrogens with zero attached hydrogens (tertiary/aromatic N) is 1. The van der Waals surface area contributed by atoms with E-state index in [-0.39, 0.29) is 11.6 Å². The summed E-state index contributed by atoms with van der Waals surface area (Å²) in [6, 6.07) is 1.68. The number of phenols is 1. The highest BCUT2D eigenvalue weighted by atomic mass is 79.9. The first-order valence-corrected chi connectivity index (χ1v) is 5.51. The van der Waals surface area contributed by atoms with Gasteiger partial charge < -0.3 is 15.4 Å². The fourth-order valence-corrected chi connectivity index (χ4v) is 2.10. The molecule has 1 aromatic carbocycles. The third kappa shape index (κ3) is 1.57. The summed E-state index contributed by atoms with van der Waals surface area (Å²) in [5.74, 6) is 0.498. The van der Waals surface area contributed by atoms with E-state index >= 15 is 0 Å². The number of nitrogen functional groups attached to an aromatic ring is 1. The highest BCUT2D eigenvalue weighted by molar-refractivity contribution is 9.10. The lowest BCUT2D eigenvalue weighted by atomic mass is 9.97. The van der Waals surface area contributed by atoms with Gasteiger partial charge >= 0.3 is 0 Å². The maximum atomic E-state index is 9.66. The van der Waals surface area contributed by atoms with Gasteiger partial charge in [0.05, 0.1) is 16.2 Å². The van der Waals surface area contributed by atoms with Crippen LogP contribution in [-0.2, 0) is 0 Å². The van der Waals surface area contributed by atoms with E-state index in [9.17, 15) is 5.11 Å². The number of hydrogen-bond acceptors (Lipinski definition) is 4. The summed E-state index contributed by atoms with van der Waals surface area (Å²) in [5, 5.41) is 13.3. The predicted molar refractivity (Wildman–Crippen MR) is 65.2 cm³/mol. The van der Waals surface area contributed by atoms with Crippen molar-refractivity contribution in [2.24, 2.45) is 0 Å². The zero-order chi connectivity index (χ0) is 11.9. The molecule has 0 saturated heterocycles. The van der Waals surface area contributed by atoms with Crippen molar-refractivity contribution in [3.8, 4) is 16.9 Å². The Balaban J connectivity index is 2.76. The molecule has 1 aromatic heterocycles. The summed E-state index contributed by atoms with van der Waals surface area (Å²) in [5.41, 5.74) is 9.21. The molecule has 3 N–H and O–H groups in total. The molecule has 0 saturated carbocycles. The van der Waals surface area contributed by atoms with E-state index in [1.54, 1.807) is 12.3 Å². The molecule has 5 heteroatoms. The Morgan fingerprint density at radius 3 is 2.69 bits per heavy atom. The molecule has 0 spiro atoms. The van der Waals surface area contributed by atoms with Crippen LogP contribution >= 0.6 is 15.9 Å². The van der Waals surface area contributed by atoms with Crippen LogP contribution in [0, 0.1) is 13.8 Å². The second-order valence-electron chi connectivity index (χ2n) is 3.63. The lowest BCUT2D eigenvalue weighted by Gasteiger charge is -2.11. The molecule has 4 nitrogen and oxygen atoms in total. The van der Waals surface area contributed by atoms with Crippen molar-refractivity contribution < 1.29 is 9.63 Å². The largest absolute Gasteiger partial charge is 0.507 e. The predicted octanol–water partition coefficient (Wildman–Crippen LogP) is 3.01. The molecule has 0 amide bonds. The summed E-state index contributed by atoms with van der Waals surface area (Å²) >= 11 is 3.33. The number of aryl methyl sites for hydroxylation is 1. The van der Waals surface area contributed by atoms with Crippen LogP contribution in [0.15, 0.2) is 21.3 Å². The molecule has 2 aromatic rings. The number of halogens is 1. The topological polar surface area (TPSA) is 72.3 Å². The van der Waals surface area contributed by atoms with Gasteiger partial charge in [0.1, 0.15) is 5.75 Å². The Labute approximate surface area is 101 Å². The summed E-state index contributed by atoms with van der Waals surface area (Å²) in [4.78, 5) is 0. The van der Waals surface area contributed by atoms with Crippen LogP contribution in [0.3, 0.4) is 0 Å². The van der Waals surface area contributed by atoms with Crippen LogP contribution in [0.5, 0.6) is 5.75 Å². The van der Waals surface area contributed by atoms with Crippen LogP contribution in [-0.4, -0.2) is 10.3 Å². The normalized spacial score (nSPS) is 10.7. The van der Waals surface area contributed by atoms with E-state index < -0.39 is 0 Å². The van der Waals surface area contributed by atoms with Crippen LogP contribution < -0.4 is 5.73 Å². The fraction of sp³-hybridized carbons (Fsp3) is 0.182. The fourth-order valence-electron chi connectivity index (χ4n) is 1.79. The van der Waals surface area contributed by atoms with Gasteiger partial charge in [0, 0.05) is 0 Å². The highest BCUT2D eigenvalue weighted by Crippen LogP contribution is 2.39. The molecule has 16 heavy (non-hydrogen) atoms. The van der Waals surface area contributed by atoms with Gasteiger partial charge in [-0.25, -0.2) is 0 Å². The molecule has 0 aliphatic carbocycles. The minimum absolute atomic E-state index is 0.216. The first kappa shape index (κ1) is 11.0. The van der Waals surface area contributed by atoms with E-state index in [4.69, 9.17) is 10.3 Å². The second-order valence-corrected chi connectivity index (χ2v) is 4.42. The summed E-state index contributed by atoms with van der Waals surface area (Å²) < 4.78 is 5.51. The van der Waals surface area contributed by atoms with Crippen molar-refractivity contribution in [3.63, 3.8) is 0 Å². The Bertz CT molecular complexity index is 549. The molecule has 0 atom stereocenters. The molecule has 0 fully saturated rings. The third-order valence-electron chi connectivity index (χ3n) is 2.54. The minimum atomic E-state index is 0.216. The smallest absolute Gasteiger partial charge is 0.229 e. The first-order valence-electron chi connectivity index (χ1n) is 4.71. The van der Waals surface area contributed by atoms with Crippen LogP contribution in [0.2, 0.25) is 0 Å². The van der Waals surface area contributed by atoms with Crippen molar-refractivity contribution in [3.05, 3.63) is 27.9 Å².